The molecule has 1 N–H and O–H groups in total. The van der Waals surface area contributed by atoms with Gasteiger partial charge in [-0.3, -0.25) is 4.79 Å². The fourth-order valence-electron chi connectivity index (χ4n) is 2.38. The van der Waals surface area contributed by atoms with E-state index in [9.17, 15) is 10.1 Å². The maximum atomic E-state index is 12.5. The lowest BCUT2D eigenvalue weighted by atomic mass is 9.98. The zero-order valence-electron chi connectivity index (χ0n) is 11.7. The quantitative estimate of drug-likeness (QED) is 0.746. The van der Waals surface area contributed by atoms with Crippen molar-refractivity contribution in [2.75, 3.05) is 0 Å². The number of rotatable bonds is 3. The van der Waals surface area contributed by atoms with Crippen molar-refractivity contribution in [3.8, 4) is 6.07 Å². The van der Waals surface area contributed by atoms with Gasteiger partial charge in [-0.15, -0.1) is 0 Å². The predicted molar refractivity (Wildman–Crippen MR) is 77.0 cm³/mol. The summed E-state index contributed by atoms with van der Waals surface area (Å²) >= 11 is 0. The molecule has 0 radical (unpaired) electrons. The van der Waals surface area contributed by atoms with Crippen molar-refractivity contribution < 1.29 is 9.21 Å². The van der Waals surface area contributed by atoms with Crippen LogP contribution < -0.4 is 0 Å². The molecule has 5 nitrogen and oxygen atoms in total. The van der Waals surface area contributed by atoms with Crippen molar-refractivity contribution in [3.05, 3.63) is 53.2 Å². The van der Waals surface area contributed by atoms with Gasteiger partial charge in [0.05, 0.1) is 22.7 Å². The number of H-pyrrole nitrogens is 1. The van der Waals surface area contributed by atoms with Crippen molar-refractivity contribution in [1.29, 1.82) is 5.26 Å². The lowest BCUT2D eigenvalue weighted by Crippen LogP contribution is -2.13. The van der Waals surface area contributed by atoms with E-state index in [-0.39, 0.29) is 5.78 Å². The summed E-state index contributed by atoms with van der Waals surface area (Å²) < 4.78 is 5.36. The fraction of sp³-hybridized carbons (Fsp3) is 0.188. The summed E-state index contributed by atoms with van der Waals surface area (Å²) in [5, 5.41) is 9.37. The van der Waals surface area contributed by atoms with Crippen LogP contribution in [0, 0.1) is 25.2 Å². The van der Waals surface area contributed by atoms with E-state index in [0.717, 1.165) is 11.0 Å². The number of nitrogens with zero attached hydrogens (tertiary/aromatic N) is 2. The Labute approximate surface area is 121 Å². The monoisotopic (exact) mass is 279 g/mol. The van der Waals surface area contributed by atoms with Crippen LogP contribution in [0.4, 0.5) is 0 Å². The van der Waals surface area contributed by atoms with Crippen molar-refractivity contribution in [2.45, 2.75) is 19.8 Å². The molecular formula is C16H13N3O2. The van der Waals surface area contributed by atoms with Gasteiger partial charge in [-0.2, -0.15) is 5.26 Å². The van der Waals surface area contributed by atoms with Gasteiger partial charge in [0.1, 0.15) is 17.3 Å². The molecule has 0 aliphatic heterocycles. The molecule has 0 bridgehead atoms. The molecule has 2 aromatic heterocycles. The zero-order valence-corrected chi connectivity index (χ0v) is 11.7. The van der Waals surface area contributed by atoms with Gasteiger partial charge in [-0.05, 0) is 32.0 Å². The first kappa shape index (κ1) is 13.1. The van der Waals surface area contributed by atoms with Gasteiger partial charge < -0.3 is 9.40 Å². The molecule has 5 heteroatoms. The molecule has 1 atom stereocenters. The first-order chi connectivity index (χ1) is 10.1. The summed E-state index contributed by atoms with van der Waals surface area (Å²) in [5.74, 6) is 0.270. The summed E-state index contributed by atoms with van der Waals surface area (Å²) in [6.07, 6.45) is 0. The maximum Gasteiger partial charge on any atom is 0.191 e. The van der Waals surface area contributed by atoms with E-state index in [1.165, 1.54) is 0 Å². The van der Waals surface area contributed by atoms with Gasteiger partial charge in [0.15, 0.2) is 11.7 Å². The van der Waals surface area contributed by atoms with Crippen LogP contribution in [0.1, 0.15) is 33.6 Å². The number of hydrogen-bond acceptors (Lipinski definition) is 4. The van der Waals surface area contributed by atoms with Crippen LogP contribution in [0.25, 0.3) is 11.0 Å². The van der Waals surface area contributed by atoms with Crippen LogP contribution in [0.15, 0.2) is 34.7 Å². The number of carbonyl (C=O) groups is 1. The number of imidazole rings is 1. The van der Waals surface area contributed by atoms with Gasteiger partial charge in [0.25, 0.3) is 0 Å². The lowest BCUT2D eigenvalue weighted by Gasteiger charge is -2.03. The molecule has 0 aliphatic carbocycles. The molecule has 0 fully saturated rings. The number of fused-ring (bicyclic) bond motifs is 1. The largest absolute Gasteiger partial charge is 0.466 e. The number of para-hydroxylation sites is 2. The minimum absolute atomic E-state index is 0.300. The smallest absolute Gasteiger partial charge is 0.191 e. The highest BCUT2D eigenvalue weighted by atomic mass is 16.3. The Bertz CT molecular complexity index is 834. The molecule has 0 saturated carbocycles. The number of ketones is 1. The van der Waals surface area contributed by atoms with Crippen molar-refractivity contribution in [3.63, 3.8) is 0 Å². The summed E-state index contributed by atoms with van der Waals surface area (Å²) in [6.45, 7) is 3.49. The Morgan fingerprint density at radius 3 is 2.76 bits per heavy atom. The second-order valence-corrected chi connectivity index (χ2v) is 4.89. The third-order valence-electron chi connectivity index (χ3n) is 3.38. The normalized spacial score (nSPS) is 12.2. The minimum atomic E-state index is -0.965. The van der Waals surface area contributed by atoms with Crippen LogP contribution in [0.3, 0.4) is 0 Å². The van der Waals surface area contributed by atoms with Crippen LogP contribution >= 0.6 is 0 Å². The summed E-state index contributed by atoms with van der Waals surface area (Å²) in [5.41, 5.74) is 1.97. The number of aromatic amines is 1. The average Bonchev–Trinajstić information content (AvgIpc) is 3.02. The van der Waals surface area contributed by atoms with E-state index in [0.29, 0.717) is 22.9 Å². The summed E-state index contributed by atoms with van der Waals surface area (Å²) in [4.78, 5) is 19.9. The highest BCUT2D eigenvalue weighted by Crippen LogP contribution is 2.24. The second kappa shape index (κ2) is 4.91. The number of carbonyl (C=O) groups excluding carboxylic acids is 1. The Kier molecular flexibility index (Phi) is 3.07. The predicted octanol–water partition coefficient (Wildman–Crippen LogP) is 3.26. The maximum absolute atomic E-state index is 12.5. The molecule has 0 aliphatic rings. The van der Waals surface area contributed by atoms with Gasteiger partial charge in [-0.1, -0.05) is 12.1 Å². The Balaban J connectivity index is 2.04. The van der Waals surface area contributed by atoms with Gasteiger partial charge in [-0.25, -0.2) is 4.98 Å². The number of furan rings is 1. The lowest BCUT2D eigenvalue weighted by molar-refractivity contribution is 0.0975. The van der Waals surface area contributed by atoms with Crippen LogP contribution in [0.5, 0.6) is 0 Å². The third kappa shape index (κ3) is 2.21. The standard InChI is InChI=1S/C16H13N3O2/c1-9-7-11(10(2)21-9)15(20)12(8-17)16-18-13-5-3-4-6-14(13)19-16/h3-7,12H,1-2H3,(H,18,19). The Hall–Kier alpha value is -2.87. The third-order valence-corrected chi connectivity index (χ3v) is 3.38. The summed E-state index contributed by atoms with van der Waals surface area (Å²) in [7, 11) is 0. The van der Waals surface area contributed by atoms with Crippen LogP contribution in [-0.2, 0) is 0 Å². The topological polar surface area (TPSA) is 82.7 Å². The number of aromatic nitrogens is 2. The molecule has 2 heterocycles. The number of hydrogen-bond donors (Lipinski definition) is 1. The first-order valence-corrected chi connectivity index (χ1v) is 6.55. The number of Topliss-reactive ketones (excluding diaryl/α,β-unsaturated/α-hetero) is 1. The SMILES string of the molecule is Cc1cc(C(=O)C(C#N)c2nc3ccccc3[nH]2)c(C)o1. The van der Waals surface area contributed by atoms with Crippen molar-refractivity contribution in [2.24, 2.45) is 0 Å². The first-order valence-electron chi connectivity index (χ1n) is 6.55. The van der Waals surface area contributed by atoms with E-state index in [1.54, 1.807) is 19.9 Å². The number of aryl methyl sites for hydroxylation is 2. The highest BCUT2D eigenvalue weighted by molar-refractivity contribution is 6.03. The molecule has 3 rings (SSSR count). The van der Waals surface area contributed by atoms with E-state index in [2.05, 4.69) is 9.97 Å². The van der Waals surface area contributed by atoms with Gasteiger partial charge >= 0.3 is 0 Å². The zero-order chi connectivity index (χ0) is 15.0. The molecule has 0 amide bonds. The second-order valence-electron chi connectivity index (χ2n) is 4.89. The van der Waals surface area contributed by atoms with Gasteiger partial charge in [0.2, 0.25) is 0 Å². The fourth-order valence-corrected chi connectivity index (χ4v) is 2.38. The molecular weight excluding hydrogens is 266 g/mol. The molecule has 21 heavy (non-hydrogen) atoms. The molecule has 0 spiro atoms. The molecule has 3 aromatic rings. The minimum Gasteiger partial charge on any atom is -0.466 e. The highest BCUT2D eigenvalue weighted by Gasteiger charge is 2.27. The number of benzene rings is 1. The molecule has 1 unspecified atom stereocenters. The molecule has 104 valence electrons. The van der Waals surface area contributed by atoms with E-state index in [1.807, 2.05) is 30.3 Å². The van der Waals surface area contributed by atoms with E-state index in [4.69, 9.17) is 4.42 Å². The van der Waals surface area contributed by atoms with E-state index >= 15 is 0 Å². The van der Waals surface area contributed by atoms with Crippen molar-refractivity contribution >= 4 is 16.8 Å². The van der Waals surface area contributed by atoms with Crippen molar-refractivity contribution in [1.82, 2.24) is 9.97 Å². The van der Waals surface area contributed by atoms with E-state index < -0.39 is 5.92 Å². The number of nitrogens with one attached hydrogen (secondary N) is 1. The van der Waals surface area contributed by atoms with Crippen LogP contribution in [-0.4, -0.2) is 15.8 Å². The summed E-state index contributed by atoms with van der Waals surface area (Å²) in [6, 6.07) is 11.1. The molecule has 1 aromatic carbocycles. The van der Waals surface area contributed by atoms with Gasteiger partial charge in [0, 0.05) is 0 Å². The average molecular weight is 279 g/mol. The van der Waals surface area contributed by atoms with Crippen LogP contribution in [0.2, 0.25) is 0 Å². The Morgan fingerprint density at radius 2 is 2.14 bits per heavy atom. The Morgan fingerprint density at radius 1 is 1.38 bits per heavy atom. The molecule has 0 saturated heterocycles. The number of nitriles is 1.